The smallest absolute Gasteiger partial charge is 0.255 e. The topological polar surface area (TPSA) is 88.2 Å². The van der Waals surface area contributed by atoms with Gasteiger partial charge in [0.2, 0.25) is 10.0 Å². The number of nitrogens with one attached hydrogen (secondary N) is 1. The number of ether oxygens (including phenoxy) is 2. The van der Waals surface area contributed by atoms with Gasteiger partial charge in [-0.3, -0.25) is 4.79 Å². The van der Waals surface area contributed by atoms with Crippen molar-refractivity contribution in [2.75, 3.05) is 62.8 Å². The van der Waals surface area contributed by atoms with Crippen LogP contribution in [-0.4, -0.2) is 71.2 Å². The van der Waals surface area contributed by atoms with E-state index in [2.05, 4.69) is 17.1 Å². The van der Waals surface area contributed by atoms with Gasteiger partial charge in [0, 0.05) is 31.7 Å². The first-order valence-electron chi connectivity index (χ1n) is 11.9. The van der Waals surface area contributed by atoms with Crippen LogP contribution in [0.2, 0.25) is 0 Å². The summed E-state index contributed by atoms with van der Waals surface area (Å²) in [6.07, 6.45) is 3.22. The summed E-state index contributed by atoms with van der Waals surface area (Å²) < 4.78 is 38.7. The van der Waals surface area contributed by atoms with Crippen molar-refractivity contribution in [2.45, 2.75) is 31.1 Å². The number of rotatable bonds is 8. The summed E-state index contributed by atoms with van der Waals surface area (Å²) in [4.78, 5) is 15.4. The summed E-state index contributed by atoms with van der Waals surface area (Å²) in [6, 6.07) is 12.6. The van der Waals surface area contributed by atoms with Crippen LogP contribution in [0.25, 0.3) is 0 Å². The Kier molecular flexibility index (Phi) is 8.20. The van der Waals surface area contributed by atoms with Crippen LogP contribution in [0, 0.1) is 0 Å². The van der Waals surface area contributed by atoms with Gasteiger partial charge < -0.3 is 19.7 Å². The highest BCUT2D eigenvalue weighted by atomic mass is 32.2. The van der Waals surface area contributed by atoms with Gasteiger partial charge in [-0.25, -0.2) is 8.42 Å². The molecule has 0 aromatic heterocycles. The van der Waals surface area contributed by atoms with Crippen LogP contribution in [0.4, 0.5) is 11.4 Å². The van der Waals surface area contributed by atoms with Crippen LogP contribution in [0.1, 0.15) is 35.7 Å². The second-order valence-electron chi connectivity index (χ2n) is 8.55. The second kappa shape index (κ2) is 11.3. The third-order valence-corrected chi connectivity index (χ3v) is 8.11. The molecular weight excluding hydrogens is 454 g/mol. The van der Waals surface area contributed by atoms with Gasteiger partial charge >= 0.3 is 0 Å². The molecule has 1 N–H and O–H groups in total. The zero-order valence-corrected chi connectivity index (χ0v) is 20.5. The summed E-state index contributed by atoms with van der Waals surface area (Å²) in [5, 5.41) is 2.97. The van der Waals surface area contributed by atoms with Crippen molar-refractivity contribution in [1.82, 2.24) is 4.31 Å². The summed E-state index contributed by atoms with van der Waals surface area (Å²) in [5.74, 6) is -0.266. The van der Waals surface area contributed by atoms with Gasteiger partial charge in [-0.1, -0.05) is 25.5 Å². The Balaban J connectivity index is 1.61. The monoisotopic (exact) mass is 487 g/mol. The van der Waals surface area contributed by atoms with Crippen molar-refractivity contribution in [3.8, 4) is 0 Å². The Morgan fingerprint density at radius 2 is 1.59 bits per heavy atom. The molecule has 4 rings (SSSR count). The number of benzene rings is 2. The molecular formula is C25H33N3O5S. The van der Waals surface area contributed by atoms with Crippen LogP contribution in [0.3, 0.4) is 0 Å². The average molecular weight is 488 g/mol. The van der Waals surface area contributed by atoms with Crippen LogP contribution in [0.15, 0.2) is 47.4 Å². The van der Waals surface area contributed by atoms with Crippen molar-refractivity contribution >= 4 is 27.3 Å². The Morgan fingerprint density at radius 1 is 0.941 bits per heavy atom. The molecule has 34 heavy (non-hydrogen) atoms. The maximum Gasteiger partial charge on any atom is 0.255 e. The fourth-order valence-electron chi connectivity index (χ4n) is 4.19. The molecule has 2 aliphatic rings. The number of amides is 1. The van der Waals surface area contributed by atoms with Crippen molar-refractivity contribution in [3.05, 3.63) is 53.6 Å². The number of carbonyl (C=O) groups excluding carboxylic acids is 1. The molecule has 1 amide bonds. The largest absolute Gasteiger partial charge is 0.379 e. The minimum atomic E-state index is -3.69. The molecule has 0 atom stereocenters. The third-order valence-electron chi connectivity index (χ3n) is 6.21. The fourth-order valence-corrected chi connectivity index (χ4v) is 5.62. The Bertz CT molecular complexity index is 1080. The Morgan fingerprint density at radius 3 is 2.24 bits per heavy atom. The van der Waals surface area contributed by atoms with Gasteiger partial charge in [0.15, 0.2) is 0 Å². The van der Waals surface area contributed by atoms with Crippen molar-refractivity contribution < 1.29 is 22.7 Å². The second-order valence-corrected chi connectivity index (χ2v) is 10.5. The van der Waals surface area contributed by atoms with E-state index >= 15 is 0 Å². The lowest BCUT2D eigenvalue weighted by Gasteiger charge is -2.31. The first-order chi connectivity index (χ1) is 16.5. The Hall–Kier alpha value is -2.46. The van der Waals surface area contributed by atoms with Crippen molar-refractivity contribution in [2.24, 2.45) is 0 Å². The molecule has 2 aromatic rings. The van der Waals surface area contributed by atoms with E-state index in [9.17, 15) is 13.2 Å². The van der Waals surface area contributed by atoms with Gasteiger partial charge in [0.25, 0.3) is 5.91 Å². The van der Waals surface area contributed by atoms with E-state index in [1.165, 1.54) is 9.87 Å². The van der Waals surface area contributed by atoms with Gasteiger partial charge in [0.1, 0.15) is 0 Å². The zero-order chi connectivity index (χ0) is 24.0. The normalized spacial score (nSPS) is 17.5. The number of aryl methyl sites for hydroxylation is 1. The molecule has 0 aliphatic carbocycles. The van der Waals surface area contributed by atoms with Crippen LogP contribution in [0.5, 0.6) is 0 Å². The minimum Gasteiger partial charge on any atom is -0.379 e. The van der Waals surface area contributed by atoms with E-state index < -0.39 is 10.0 Å². The summed E-state index contributed by atoms with van der Waals surface area (Å²) in [7, 11) is -3.69. The molecule has 0 radical (unpaired) electrons. The lowest BCUT2D eigenvalue weighted by molar-refractivity contribution is 0.0730. The first-order valence-corrected chi connectivity index (χ1v) is 13.4. The molecule has 2 aromatic carbocycles. The predicted octanol–water partition coefficient (Wildman–Crippen LogP) is 3.14. The maximum absolute atomic E-state index is 13.2. The highest BCUT2D eigenvalue weighted by molar-refractivity contribution is 7.89. The highest BCUT2D eigenvalue weighted by Crippen LogP contribution is 2.31. The lowest BCUT2D eigenvalue weighted by Crippen LogP contribution is -2.40. The summed E-state index contributed by atoms with van der Waals surface area (Å²) in [5.41, 5.74) is 3.01. The SMILES string of the molecule is CCCCc1ccc(C(=O)Nc2cc(S(=O)(=O)N3CCOCC3)ccc2N2CCOCC2)cc1. The number of morpholine rings is 2. The number of carbonyl (C=O) groups is 1. The quantitative estimate of drug-likeness (QED) is 0.616. The van der Waals surface area contributed by atoms with E-state index in [1.807, 2.05) is 24.3 Å². The Labute approximate surface area is 201 Å². The number of anilines is 2. The molecule has 9 heteroatoms. The van der Waals surface area contributed by atoms with Crippen molar-refractivity contribution in [3.63, 3.8) is 0 Å². The van der Waals surface area contributed by atoms with E-state index in [-0.39, 0.29) is 10.8 Å². The molecule has 2 heterocycles. The number of nitrogens with zero attached hydrogens (tertiary/aromatic N) is 2. The van der Waals surface area contributed by atoms with Gasteiger partial charge in [-0.15, -0.1) is 0 Å². The molecule has 0 unspecified atom stereocenters. The zero-order valence-electron chi connectivity index (χ0n) is 19.7. The summed E-state index contributed by atoms with van der Waals surface area (Å²) >= 11 is 0. The number of hydrogen-bond acceptors (Lipinski definition) is 6. The van der Waals surface area contributed by atoms with Crippen LogP contribution >= 0.6 is 0 Å². The number of hydrogen-bond donors (Lipinski definition) is 1. The number of sulfonamides is 1. The standard InChI is InChI=1S/C25H33N3O5S/c1-2-3-4-20-5-7-21(8-6-20)25(29)26-23-19-22(34(30,31)28-13-17-33-18-14-28)9-10-24(23)27-11-15-32-16-12-27/h5-10,19H,2-4,11-18H2,1H3,(H,26,29). The molecule has 2 saturated heterocycles. The molecule has 2 aliphatic heterocycles. The maximum atomic E-state index is 13.2. The van der Waals surface area contributed by atoms with Crippen LogP contribution in [-0.2, 0) is 25.9 Å². The van der Waals surface area contributed by atoms with E-state index in [0.717, 1.165) is 24.9 Å². The third kappa shape index (κ3) is 5.78. The number of unbranched alkanes of at least 4 members (excludes halogenated alkanes) is 1. The molecule has 184 valence electrons. The summed E-state index contributed by atoms with van der Waals surface area (Å²) in [6.45, 7) is 6.06. The molecule has 8 nitrogen and oxygen atoms in total. The molecule has 0 saturated carbocycles. The highest BCUT2D eigenvalue weighted by Gasteiger charge is 2.28. The van der Waals surface area contributed by atoms with Gasteiger partial charge in [0.05, 0.1) is 42.7 Å². The minimum absolute atomic E-state index is 0.164. The molecule has 2 fully saturated rings. The average Bonchev–Trinajstić information content (AvgIpc) is 2.88. The molecule has 0 bridgehead atoms. The first kappa shape index (κ1) is 24.7. The lowest BCUT2D eigenvalue weighted by atomic mass is 10.1. The van der Waals surface area contributed by atoms with Crippen molar-refractivity contribution in [1.29, 1.82) is 0 Å². The fraction of sp³-hybridized carbons (Fsp3) is 0.480. The molecule has 0 spiro atoms. The van der Waals surface area contributed by atoms with E-state index in [4.69, 9.17) is 9.47 Å². The van der Waals surface area contributed by atoms with Gasteiger partial charge in [-0.2, -0.15) is 4.31 Å². The van der Waals surface area contributed by atoms with Crippen LogP contribution < -0.4 is 10.2 Å². The van der Waals surface area contributed by atoms with Gasteiger partial charge in [-0.05, 0) is 48.7 Å². The van der Waals surface area contributed by atoms with E-state index in [1.54, 1.807) is 18.2 Å². The van der Waals surface area contributed by atoms with E-state index in [0.29, 0.717) is 63.9 Å². The predicted molar refractivity (Wildman–Crippen MR) is 132 cm³/mol.